The van der Waals surface area contributed by atoms with Crippen molar-refractivity contribution < 1.29 is 18.0 Å². The molecule has 100 valence electrons. The fraction of sp³-hybridized carbons (Fsp3) is 0.364. The van der Waals surface area contributed by atoms with E-state index in [0.29, 0.717) is 6.42 Å². The molecule has 1 aromatic rings. The molecule has 2 nitrogen and oxygen atoms in total. The van der Waals surface area contributed by atoms with Gasteiger partial charge in [-0.05, 0) is 30.3 Å². The van der Waals surface area contributed by atoms with Gasteiger partial charge in [-0.15, -0.1) is 0 Å². The number of alkyl halides is 4. The Balaban J connectivity index is 2.86. The fourth-order valence-electron chi connectivity index (χ4n) is 1.18. The molecule has 0 heterocycles. The number of hydrogen-bond acceptors (Lipinski definition) is 2. The predicted molar refractivity (Wildman–Crippen MR) is 70.0 cm³/mol. The second-order valence-electron chi connectivity index (χ2n) is 3.41. The van der Waals surface area contributed by atoms with Crippen LogP contribution >= 0.6 is 27.7 Å². The van der Waals surface area contributed by atoms with E-state index in [1.165, 1.54) is 18.2 Å². The van der Waals surface area contributed by atoms with Gasteiger partial charge in [-0.3, -0.25) is 4.79 Å². The van der Waals surface area contributed by atoms with Crippen LogP contribution in [0.3, 0.4) is 0 Å². The summed E-state index contributed by atoms with van der Waals surface area (Å²) in [6.45, 7) is 1.80. The number of halogens is 4. The van der Waals surface area contributed by atoms with Gasteiger partial charge in [-0.25, -0.2) is 0 Å². The van der Waals surface area contributed by atoms with Gasteiger partial charge in [0.2, 0.25) is 5.91 Å². The van der Waals surface area contributed by atoms with E-state index in [-0.39, 0.29) is 28.3 Å². The molecule has 1 N–H and O–H groups in total. The van der Waals surface area contributed by atoms with Crippen LogP contribution in [0, 0.1) is 0 Å². The highest BCUT2D eigenvalue weighted by molar-refractivity contribution is 9.10. The van der Waals surface area contributed by atoms with E-state index in [9.17, 15) is 18.0 Å². The molecule has 1 atom stereocenters. The lowest BCUT2D eigenvalue weighted by atomic mass is 10.3. The molecule has 0 fully saturated rings. The number of carbonyl (C=O) groups excluding carboxylic acids is 1. The van der Waals surface area contributed by atoms with E-state index in [2.05, 4.69) is 21.2 Å². The van der Waals surface area contributed by atoms with Crippen molar-refractivity contribution in [2.75, 3.05) is 5.32 Å². The smallest absolute Gasteiger partial charge is 0.324 e. The standard InChI is InChI=1S/C11H11BrF3NOS/c1-2-7(12)10(17)16-8-5-3-4-6-9(8)18-11(13,14)15/h3-7H,2H2,1H3,(H,16,17). The molecule has 0 aliphatic heterocycles. The second-order valence-corrected chi connectivity index (χ2v) is 5.62. The van der Waals surface area contributed by atoms with Crippen LogP contribution in [0.1, 0.15) is 13.3 Å². The van der Waals surface area contributed by atoms with E-state index in [1.807, 2.05) is 0 Å². The first-order chi connectivity index (χ1) is 8.33. The van der Waals surface area contributed by atoms with Gasteiger partial charge in [0.1, 0.15) is 0 Å². The number of rotatable bonds is 4. The molecule has 0 saturated heterocycles. The van der Waals surface area contributed by atoms with Crippen molar-refractivity contribution in [1.29, 1.82) is 0 Å². The Kier molecular flexibility index (Phi) is 5.52. The maximum atomic E-state index is 12.3. The molecular formula is C11H11BrF3NOS. The van der Waals surface area contributed by atoms with Crippen LogP contribution in [0.5, 0.6) is 0 Å². The Morgan fingerprint density at radius 2 is 2.06 bits per heavy atom. The number of nitrogens with one attached hydrogen (secondary N) is 1. The summed E-state index contributed by atoms with van der Waals surface area (Å²) in [5.41, 5.74) is -4.21. The summed E-state index contributed by atoms with van der Waals surface area (Å²) in [5.74, 6) is -0.354. The Morgan fingerprint density at radius 1 is 1.44 bits per heavy atom. The molecule has 0 aromatic heterocycles. The first-order valence-corrected chi connectivity index (χ1v) is 6.86. The van der Waals surface area contributed by atoms with Gasteiger partial charge in [-0.1, -0.05) is 35.0 Å². The summed E-state index contributed by atoms with van der Waals surface area (Å²) >= 11 is 2.90. The minimum Gasteiger partial charge on any atom is -0.324 e. The van der Waals surface area contributed by atoms with Crippen molar-refractivity contribution in [2.24, 2.45) is 0 Å². The molecule has 1 aromatic carbocycles. The quantitative estimate of drug-likeness (QED) is 0.649. The molecule has 18 heavy (non-hydrogen) atoms. The van der Waals surface area contributed by atoms with Gasteiger partial charge >= 0.3 is 5.51 Å². The molecule has 1 amide bonds. The van der Waals surface area contributed by atoms with Crippen LogP contribution in [0.4, 0.5) is 18.9 Å². The highest BCUT2D eigenvalue weighted by atomic mass is 79.9. The topological polar surface area (TPSA) is 29.1 Å². The number of para-hydroxylation sites is 1. The highest BCUT2D eigenvalue weighted by Gasteiger charge is 2.30. The first-order valence-electron chi connectivity index (χ1n) is 5.13. The lowest BCUT2D eigenvalue weighted by molar-refractivity contribution is -0.115. The van der Waals surface area contributed by atoms with Crippen LogP contribution < -0.4 is 5.32 Å². The maximum absolute atomic E-state index is 12.3. The van der Waals surface area contributed by atoms with E-state index in [4.69, 9.17) is 0 Å². The molecule has 0 saturated carbocycles. The molecule has 7 heteroatoms. The van der Waals surface area contributed by atoms with Crippen LogP contribution in [0.15, 0.2) is 29.2 Å². The van der Waals surface area contributed by atoms with Crippen molar-refractivity contribution in [3.8, 4) is 0 Å². The number of benzene rings is 1. The van der Waals surface area contributed by atoms with Crippen LogP contribution in [-0.4, -0.2) is 16.2 Å². The van der Waals surface area contributed by atoms with E-state index in [0.717, 1.165) is 0 Å². The number of anilines is 1. The van der Waals surface area contributed by atoms with Crippen LogP contribution in [0.2, 0.25) is 0 Å². The average molecular weight is 342 g/mol. The Labute approximate surface area is 115 Å². The van der Waals surface area contributed by atoms with E-state index in [1.54, 1.807) is 13.0 Å². The lowest BCUT2D eigenvalue weighted by Gasteiger charge is -2.13. The Morgan fingerprint density at radius 3 is 2.61 bits per heavy atom. The third-order valence-corrected chi connectivity index (χ3v) is 3.88. The molecule has 1 rings (SSSR count). The maximum Gasteiger partial charge on any atom is 0.446 e. The van der Waals surface area contributed by atoms with E-state index < -0.39 is 10.3 Å². The molecule has 1 unspecified atom stereocenters. The zero-order valence-corrected chi connectivity index (χ0v) is 11.8. The SMILES string of the molecule is CCC(Br)C(=O)Nc1ccccc1SC(F)(F)F. The number of carbonyl (C=O) groups is 1. The summed E-state index contributed by atoms with van der Waals surface area (Å²) in [6, 6.07) is 5.84. The molecule has 0 bridgehead atoms. The third-order valence-electron chi connectivity index (χ3n) is 2.01. The van der Waals surface area contributed by atoms with Crippen LogP contribution in [-0.2, 0) is 4.79 Å². The van der Waals surface area contributed by atoms with Crippen molar-refractivity contribution in [3.63, 3.8) is 0 Å². The monoisotopic (exact) mass is 341 g/mol. The molecule has 0 spiro atoms. The molecular weight excluding hydrogens is 331 g/mol. The highest BCUT2D eigenvalue weighted by Crippen LogP contribution is 2.40. The zero-order chi connectivity index (χ0) is 13.8. The predicted octanol–water partition coefficient (Wildman–Crippen LogP) is 4.41. The van der Waals surface area contributed by atoms with Crippen molar-refractivity contribution in [2.45, 2.75) is 28.6 Å². The number of thioether (sulfide) groups is 1. The summed E-state index contributed by atoms with van der Waals surface area (Å²) in [5, 5.41) is 2.48. The first kappa shape index (κ1) is 15.4. The Hall–Kier alpha value is -0.690. The summed E-state index contributed by atoms with van der Waals surface area (Å²) in [6.07, 6.45) is 0.556. The molecule has 0 radical (unpaired) electrons. The number of amides is 1. The average Bonchev–Trinajstić information content (AvgIpc) is 2.28. The zero-order valence-electron chi connectivity index (χ0n) is 9.42. The molecule has 0 aliphatic carbocycles. The second kappa shape index (κ2) is 6.47. The Bertz CT molecular complexity index is 425. The van der Waals surface area contributed by atoms with Gasteiger partial charge in [0.25, 0.3) is 0 Å². The summed E-state index contributed by atoms with van der Waals surface area (Å²) in [7, 11) is 0. The number of hydrogen-bond donors (Lipinski definition) is 1. The summed E-state index contributed by atoms with van der Waals surface area (Å²) in [4.78, 5) is 11.2. The fourth-order valence-corrected chi connectivity index (χ4v) is 1.92. The van der Waals surface area contributed by atoms with Crippen molar-refractivity contribution in [3.05, 3.63) is 24.3 Å². The van der Waals surface area contributed by atoms with E-state index >= 15 is 0 Å². The van der Waals surface area contributed by atoms with Gasteiger partial charge in [0.05, 0.1) is 10.5 Å². The third kappa shape index (κ3) is 4.89. The summed E-state index contributed by atoms with van der Waals surface area (Å²) < 4.78 is 37.0. The minimum atomic E-state index is -4.38. The lowest BCUT2D eigenvalue weighted by Crippen LogP contribution is -2.22. The van der Waals surface area contributed by atoms with Crippen molar-refractivity contribution >= 4 is 39.3 Å². The van der Waals surface area contributed by atoms with Crippen LogP contribution in [0.25, 0.3) is 0 Å². The largest absolute Gasteiger partial charge is 0.446 e. The minimum absolute atomic E-state index is 0.0193. The van der Waals surface area contributed by atoms with Crippen molar-refractivity contribution in [1.82, 2.24) is 0 Å². The molecule has 0 aliphatic rings. The van der Waals surface area contributed by atoms with Gasteiger partial charge < -0.3 is 5.32 Å². The normalized spacial score (nSPS) is 13.2. The van der Waals surface area contributed by atoms with Gasteiger partial charge in [0.15, 0.2) is 0 Å². The van der Waals surface area contributed by atoms with Gasteiger partial charge in [0, 0.05) is 4.90 Å². The van der Waals surface area contributed by atoms with Gasteiger partial charge in [-0.2, -0.15) is 13.2 Å².